The van der Waals surface area contributed by atoms with Crippen LogP contribution in [-0.4, -0.2) is 18.4 Å². The Labute approximate surface area is 125 Å². The predicted molar refractivity (Wildman–Crippen MR) is 81.3 cm³/mol. The second-order valence-corrected chi connectivity index (χ2v) is 9.04. The summed E-state index contributed by atoms with van der Waals surface area (Å²) in [5.41, 5.74) is 1.01. The Kier molecular flexibility index (Phi) is 3.78. The number of nitrogens with zero attached hydrogens (tertiary/aromatic N) is 1. The summed E-state index contributed by atoms with van der Waals surface area (Å²) in [6, 6.07) is 0. The highest BCUT2D eigenvalue weighted by Gasteiger charge is 2.23. The van der Waals surface area contributed by atoms with E-state index >= 15 is 0 Å². The van der Waals surface area contributed by atoms with Crippen molar-refractivity contribution in [2.45, 2.75) is 37.3 Å². The van der Waals surface area contributed by atoms with E-state index in [0.29, 0.717) is 22.2 Å². The highest BCUT2D eigenvalue weighted by atomic mass is 32.2. The average Bonchev–Trinajstić information content (AvgIpc) is 2.84. The van der Waals surface area contributed by atoms with Crippen LogP contribution in [-0.2, 0) is 15.4 Å². The number of thiazole rings is 2. The van der Waals surface area contributed by atoms with Crippen molar-refractivity contribution < 1.29 is 8.42 Å². The molecule has 2 rings (SSSR count). The van der Waals surface area contributed by atoms with Crippen molar-refractivity contribution in [3.63, 3.8) is 0 Å². The smallest absolute Gasteiger partial charge is 0.306 e. The zero-order valence-electron chi connectivity index (χ0n) is 11.5. The molecule has 110 valence electrons. The van der Waals surface area contributed by atoms with Gasteiger partial charge in [0.2, 0.25) is 0 Å². The van der Waals surface area contributed by atoms with Crippen LogP contribution in [0.3, 0.4) is 0 Å². The summed E-state index contributed by atoms with van der Waals surface area (Å²) >= 11 is 1.89. The molecule has 6 nitrogen and oxygen atoms in total. The van der Waals surface area contributed by atoms with Gasteiger partial charge in [-0.05, 0) is 6.92 Å². The number of hydrogen-bond donors (Lipinski definition) is 2. The van der Waals surface area contributed by atoms with Crippen LogP contribution in [0, 0.1) is 6.92 Å². The van der Waals surface area contributed by atoms with Crippen LogP contribution in [0.1, 0.15) is 32.2 Å². The molecule has 0 aliphatic carbocycles. The maximum Gasteiger partial charge on any atom is 0.306 e. The first kappa shape index (κ1) is 15.2. The van der Waals surface area contributed by atoms with Crippen LogP contribution >= 0.6 is 22.7 Å². The highest BCUT2D eigenvalue weighted by Crippen LogP contribution is 2.28. The van der Waals surface area contributed by atoms with Crippen molar-refractivity contribution in [1.29, 1.82) is 0 Å². The molecular weight excluding hydrogens is 318 g/mol. The Morgan fingerprint density at radius 3 is 2.45 bits per heavy atom. The first-order valence-corrected chi connectivity index (χ1v) is 8.96. The fourth-order valence-corrected chi connectivity index (χ4v) is 4.97. The van der Waals surface area contributed by atoms with Gasteiger partial charge < -0.3 is 4.98 Å². The molecule has 2 N–H and O–H groups in total. The van der Waals surface area contributed by atoms with Gasteiger partial charge in [0.25, 0.3) is 10.0 Å². The lowest BCUT2D eigenvalue weighted by Gasteiger charge is -2.14. The molecule has 0 aliphatic heterocycles. The summed E-state index contributed by atoms with van der Waals surface area (Å²) in [6.45, 7) is 7.56. The molecule has 0 bridgehead atoms. The number of aromatic amines is 1. The largest absolute Gasteiger partial charge is 0.315 e. The van der Waals surface area contributed by atoms with Crippen LogP contribution in [0.4, 0.5) is 5.13 Å². The van der Waals surface area contributed by atoms with Crippen molar-refractivity contribution in [1.82, 2.24) is 9.97 Å². The van der Waals surface area contributed by atoms with E-state index in [1.807, 2.05) is 26.2 Å². The van der Waals surface area contributed by atoms with Crippen molar-refractivity contribution in [3.8, 4) is 0 Å². The number of nitrogens with one attached hydrogen (secondary N) is 2. The Morgan fingerprint density at radius 2 is 2.00 bits per heavy atom. The topological polar surface area (TPSA) is 91.9 Å². The minimum Gasteiger partial charge on any atom is -0.315 e. The number of H-pyrrole nitrogens is 1. The third kappa shape index (κ3) is 3.10. The SMILES string of the molecule is Cc1[nH]c(=O)sc1S(=O)(=O)Nc1nc(C(C)(C)C)cs1. The number of rotatable bonds is 3. The quantitative estimate of drug-likeness (QED) is 0.901. The maximum atomic E-state index is 12.2. The van der Waals surface area contributed by atoms with Gasteiger partial charge in [-0.15, -0.1) is 11.3 Å². The van der Waals surface area contributed by atoms with Crippen molar-refractivity contribution in [3.05, 3.63) is 26.4 Å². The zero-order valence-corrected chi connectivity index (χ0v) is 13.9. The molecule has 0 atom stereocenters. The van der Waals surface area contributed by atoms with E-state index in [4.69, 9.17) is 0 Å². The lowest BCUT2D eigenvalue weighted by atomic mass is 9.93. The number of aryl methyl sites for hydroxylation is 1. The average molecular weight is 333 g/mol. The Morgan fingerprint density at radius 1 is 1.35 bits per heavy atom. The Hall–Kier alpha value is -1.19. The molecule has 2 aromatic heterocycles. The first-order valence-electron chi connectivity index (χ1n) is 5.78. The molecule has 0 saturated heterocycles. The summed E-state index contributed by atoms with van der Waals surface area (Å²) in [6.07, 6.45) is 0. The highest BCUT2D eigenvalue weighted by molar-refractivity contribution is 7.94. The molecule has 0 aliphatic rings. The minimum atomic E-state index is -3.77. The normalized spacial score (nSPS) is 12.6. The summed E-state index contributed by atoms with van der Waals surface area (Å²) < 4.78 is 26.8. The van der Waals surface area contributed by atoms with Gasteiger partial charge in [-0.25, -0.2) is 13.4 Å². The van der Waals surface area contributed by atoms with Crippen LogP contribution in [0.5, 0.6) is 0 Å². The van der Waals surface area contributed by atoms with Crippen molar-refractivity contribution in [2.24, 2.45) is 0 Å². The van der Waals surface area contributed by atoms with Crippen molar-refractivity contribution in [2.75, 3.05) is 4.72 Å². The van der Waals surface area contributed by atoms with Gasteiger partial charge >= 0.3 is 4.87 Å². The van der Waals surface area contributed by atoms with Crippen LogP contribution in [0.25, 0.3) is 0 Å². The molecule has 9 heteroatoms. The molecule has 0 unspecified atom stereocenters. The molecule has 2 aromatic rings. The standard InChI is InChI=1S/C11H15N3O3S3/c1-6-8(19-10(15)12-6)20(16,17)14-9-13-7(5-18-9)11(2,3)4/h5H,1-4H3,(H,12,15)(H,13,14). The fourth-order valence-electron chi connectivity index (χ4n) is 1.47. The molecule has 0 radical (unpaired) electrons. The molecule has 0 aromatic carbocycles. The monoisotopic (exact) mass is 333 g/mol. The first-order chi connectivity index (χ1) is 9.09. The van der Waals surface area contributed by atoms with E-state index in [1.165, 1.54) is 11.3 Å². The second-order valence-electron chi connectivity index (χ2n) is 5.32. The number of aromatic nitrogens is 2. The van der Waals surface area contributed by atoms with Crippen LogP contribution in [0.15, 0.2) is 14.4 Å². The molecule has 20 heavy (non-hydrogen) atoms. The lowest BCUT2D eigenvalue weighted by molar-refractivity contribution is 0.573. The van der Waals surface area contributed by atoms with Crippen LogP contribution < -0.4 is 9.60 Å². The van der Waals surface area contributed by atoms with Gasteiger partial charge in [-0.3, -0.25) is 9.52 Å². The van der Waals surface area contributed by atoms with E-state index < -0.39 is 14.9 Å². The Balaban J connectivity index is 2.32. The summed E-state index contributed by atoms with van der Waals surface area (Å²) in [5.74, 6) is 0. The van der Waals surface area contributed by atoms with E-state index in [0.717, 1.165) is 5.69 Å². The van der Waals surface area contributed by atoms with E-state index in [2.05, 4.69) is 14.7 Å². The molecule has 2 heterocycles. The lowest BCUT2D eigenvalue weighted by Crippen LogP contribution is -2.14. The number of sulfonamides is 1. The van der Waals surface area contributed by atoms with Gasteiger partial charge in [0.05, 0.1) is 5.69 Å². The summed E-state index contributed by atoms with van der Waals surface area (Å²) in [4.78, 5) is 17.5. The third-order valence-electron chi connectivity index (χ3n) is 2.52. The van der Waals surface area contributed by atoms with Gasteiger partial charge in [0.15, 0.2) is 9.34 Å². The zero-order chi connectivity index (χ0) is 15.1. The number of anilines is 1. The summed E-state index contributed by atoms with van der Waals surface area (Å²) in [5, 5.41) is 2.12. The van der Waals surface area contributed by atoms with Gasteiger partial charge in [-0.2, -0.15) is 0 Å². The second kappa shape index (κ2) is 4.97. The predicted octanol–water partition coefficient (Wildman–Crippen LogP) is 2.30. The number of hydrogen-bond acceptors (Lipinski definition) is 6. The van der Waals surface area contributed by atoms with E-state index in [-0.39, 0.29) is 9.62 Å². The van der Waals surface area contributed by atoms with E-state index in [1.54, 1.807) is 6.92 Å². The maximum absolute atomic E-state index is 12.2. The van der Waals surface area contributed by atoms with Gasteiger partial charge in [-0.1, -0.05) is 32.1 Å². The molecular formula is C11H15N3O3S3. The minimum absolute atomic E-state index is 0.00462. The summed E-state index contributed by atoms with van der Waals surface area (Å²) in [7, 11) is -3.77. The van der Waals surface area contributed by atoms with E-state index in [9.17, 15) is 13.2 Å². The fraction of sp³-hybridized carbons (Fsp3) is 0.455. The van der Waals surface area contributed by atoms with Crippen molar-refractivity contribution >= 4 is 37.8 Å². The molecule has 0 fully saturated rings. The molecule has 0 amide bonds. The molecule has 0 spiro atoms. The Bertz CT molecular complexity index is 778. The van der Waals surface area contributed by atoms with Crippen LogP contribution in [0.2, 0.25) is 0 Å². The van der Waals surface area contributed by atoms with Gasteiger partial charge in [0.1, 0.15) is 0 Å². The van der Waals surface area contributed by atoms with Gasteiger partial charge in [0, 0.05) is 16.5 Å². The third-order valence-corrected chi connectivity index (χ3v) is 6.35. The molecule has 0 saturated carbocycles.